The maximum atomic E-state index is 10.4. The molecule has 0 aromatic carbocycles. The smallest absolute Gasteiger partial charge is 0.303 e. The van der Waals surface area contributed by atoms with Crippen LogP contribution in [0.3, 0.4) is 0 Å². The Hall–Kier alpha value is -1.39. The summed E-state index contributed by atoms with van der Waals surface area (Å²) in [6.45, 7) is 6.13. The minimum atomic E-state index is -0.735. The van der Waals surface area contributed by atoms with Crippen molar-refractivity contribution in [1.29, 1.82) is 0 Å². The van der Waals surface area contributed by atoms with Gasteiger partial charge in [0.25, 0.3) is 0 Å². The van der Waals surface area contributed by atoms with Crippen LogP contribution < -0.4 is 0 Å². The van der Waals surface area contributed by atoms with Crippen molar-refractivity contribution in [2.24, 2.45) is 0 Å². The van der Waals surface area contributed by atoms with Gasteiger partial charge in [-0.25, -0.2) is 0 Å². The molecule has 0 aliphatic rings. The molecule has 0 fully saturated rings. The van der Waals surface area contributed by atoms with Crippen LogP contribution in [0.2, 0.25) is 0 Å². The standard InChI is InChI=1S/C11H19N3O2/c1-8(2)14-9(3)12-13-10(14)6-4-5-7-11(15)16/h8H,4-7H2,1-3H3,(H,15,16). The van der Waals surface area contributed by atoms with Gasteiger partial charge in [0.15, 0.2) is 0 Å². The topological polar surface area (TPSA) is 68.0 Å². The summed E-state index contributed by atoms with van der Waals surface area (Å²) in [5.74, 6) is 1.14. The quantitative estimate of drug-likeness (QED) is 0.751. The fraction of sp³-hybridized carbons (Fsp3) is 0.727. The van der Waals surface area contributed by atoms with Gasteiger partial charge in [-0.15, -0.1) is 10.2 Å². The van der Waals surface area contributed by atoms with Gasteiger partial charge in [0.2, 0.25) is 0 Å². The van der Waals surface area contributed by atoms with Crippen molar-refractivity contribution in [3.63, 3.8) is 0 Å². The Balaban J connectivity index is 2.51. The number of unbranched alkanes of at least 4 members (excludes halogenated alkanes) is 1. The molecule has 1 N–H and O–H groups in total. The molecule has 0 aliphatic carbocycles. The SMILES string of the molecule is Cc1nnc(CCCCC(=O)O)n1C(C)C. The molecule has 0 radical (unpaired) electrons. The van der Waals surface area contributed by atoms with Crippen LogP contribution >= 0.6 is 0 Å². The second-order valence-corrected chi connectivity index (χ2v) is 4.23. The molecule has 1 rings (SSSR count). The number of nitrogens with zero attached hydrogens (tertiary/aromatic N) is 3. The summed E-state index contributed by atoms with van der Waals surface area (Å²) in [5, 5.41) is 16.7. The van der Waals surface area contributed by atoms with Gasteiger partial charge in [-0.3, -0.25) is 4.79 Å². The van der Waals surface area contributed by atoms with Gasteiger partial charge in [-0.1, -0.05) is 0 Å². The van der Waals surface area contributed by atoms with Crippen molar-refractivity contribution in [2.45, 2.75) is 52.5 Å². The van der Waals surface area contributed by atoms with E-state index in [1.807, 2.05) is 6.92 Å². The van der Waals surface area contributed by atoms with E-state index in [1.54, 1.807) is 0 Å². The Kier molecular flexibility index (Phi) is 4.46. The Morgan fingerprint density at radius 1 is 1.38 bits per heavy atom. The average Bonchev–Trinajstić information content (AvgIpc) is 2.54. The van der Waals surface area contributed by atoms with E-state index >= 15 is 0 Å². The van der Waals surface area contributed by atoms with E-state index in [-0.39, 0.29) is 6.42 Å². The average molecular weight is 225 g/mol. The molecule has 0 aliphatic heterocycles. The van der Waals surface area contributed by atoms with Gasteiger partial charge in [0.05, 0.1) is 0 Å². The molecule has 0 spiro atoms. The van der Waals surface area contributed by atoms with Crippen LogP contribution in [0.5, 0.6) is 0 Å². The molecule has 1 heterocycles. The third-order valence-electron chi connectivity index (χ3n) is 2.49. The van der Waals surface area contributed by atoms with Crippen LogP contribution in [0.15, 0.2) is 0 Å². The van der Waals surface area contributed by atoms with Gasteiger partial charge in [-0.05, 0) is 33.6 Å². The molecule has 90 valence electrons. The predicted molar refractivity (Wildman–Crippen MR) is 60.3 cm³/mol. The lowest BCUT2D eigenvalue weighted by Gasteiger charge is -2.11. The van der Waals surface area contributed by atoms with Crippen LogP contribution in [0, 0.1) is 6.92 Å². The number of carbonyl (C=O) groups is 1. The highest BCUT2D eigenvalue weighted by Crippen LogP contribution is 2.13. The molecule has 0 bridgehead atoms. The fourth-order valence-corrected chi connectivity index (χ4v) is 1.81. The fourth-order valence-electron chi connectivity index (χ4n) is 1.81. The first-order valence-corrected chi connectivity index (χ1v) is 5.64. The number of aromatic nitrogens is 3. The van der Waals surface area contributed by atoms with Crippen molar-refractivity contribution in [3.05, 3.63) is 11.6 Å². The van der Waals surface area contributed by atoms with Gasteiger partial charge in [0.1, 0.15) is 11.6 Å². The highest BCUT2D eigenvalue weighted by Gasteiger charge is 2.11. The van der Waals surface area contributed by atoms with Crippen LogP contribution in [-0.4, -0.2) is 25.8 Å². The lowest BCUT2D eigenvalue weighted by atomic mass is 10.2. The second kappa shape index (κ2) is 5.63. The summed E-state index contributed by atoms with van der Waals surface area (Å²) >= 11 is 0. The van der Waals surface area contributed by atoms with Gasteiger partial charge >= 0.3 is 5.97 Å². The summed E-state index contributed by atoms with van der Waals surface area (Å²) < 4.78 is 2.10. The Morgan fingerprint density at radius 2 is 2.06 bits per heavy atom. The molecule has 0 amide bonds. The summed E-state index contributed by atoms with van der Waals surface area (Å²) in [5.41, 5.74) is 0. The normalized spacial score (nSPS) is 11.0. The largest absolute Gasteiger partial charge is 0.481 e. The van der Waals surface area contributed by atoms with Gasteiger partial charge in [-0.2, -0.15) is 0 Å². The van der Waals surface area contributed by atoms with Gasteiger partial charge < -0.3 is 9.67 Å². The summed E-state index contributed by atoms with van der Waals surface area (Å²) in [6, 6.07) is 0.351. The zero-order valence-corrected chi connectivity index (χ0v) is 10.1. The minimum Gasteiger partial charge on any atom is -0.481 e. The summed E-state index contributed by atoms with van der Waals surface area (Å²) in [4.78, 5) is 10.4. The number of rotatable bonds is 6. The van der Waals surface area contributed by atoms with Crippen molar-refractivity contribution in [3.8, 4) is 0 Å². The summed E-state index contributed by atoms with van der Waals surface area (Å²) in [6.07, 6.45) is 2.57. The zero-order valence-electron chi connectivity index (χ0n) is 10.1. The van der Waals surface area contributed by atoms with E-state index in [0.717, 1.165) is 24.5 Å². The Bertz CT molecular complexity index is 358. The first-order chi connectivity index (χ1) is 7.52. The van der Waals surface area contributed by atoms with Crippen LogP contribution in [0.4, 0.5) is 0 Å². The molecule has 1 aromatic heterocycles. The van der Waals surface area contributed by atoms with Crippen LogP contribution in [-0.2, 0) is 11.2 Å². The highest BCUT2D eigenvalue weighted by molar-refractivity contribution is 5.66. The Labute approximate surface area is 95.5 Å². The monoisotopic (exact) mass is 225 g/mol. The molecule has 0 saturated heterocycles. The van der Waals surface area contributed by atoms with Crippen molar-refractivity contribution < 1.29 is 9.90 Å². The number of hydrogen-bond donors (Lipinski definition) is 1. The van der Waals surface area contributed by atoms with Crippen molar-refractivity contribution >= 4 is 5.97 Å². The first-order valence-electron chi connectivity index (χ1n) is 5.64. The van der Waals surface area contributed by atoms with Crippen LogP contribution in [0.1, 0.15) is 50.8 Å². The third-order valence-corrected chi connectivity index (χ3v) is 2.49. The Morgan fingerprint density at radius 3 is 2.62 bits per heavy atom. The van der Waals surface area contributed by atoms with E-state index in [0.29, 0.717) is 12.5 Å². The van der Waals surface area contributed by atoms with E-state index in [1.165, 1.54) is 0 Å². The van der Waals surface area contributed by atoms with Crippen molar-refractivity contribution in [2.75, 3.05) is 0 Å². The molecule has 0 saturated carbocycles. The van der Waals surface area contributed by atoms with Gasteiger partial charge in [0, 0.05) is 18.9 Å². The second-order valence-electron chi connectivity index (χ2n) is 4.23. The maximum Gasteiger partial charge on any atom is 0.303 e. The minimum absolute atomic E-state index is 0.231. The molecule has 5 heteroatoms. The molecule has 0 atom stereocenters. The molecule has 0 unspecified atom stereocenters. The molecule has 5 nitrogen and oxygen atoms in total. The molecular weight excluding hydrogens is 206 g/mol. The van der Waals surface area contributed by atoms with Crippen LogP contribution in [0.25, 0.3) is 0 Å². The predicted octanol–water partition coefficient (Wildman–Crippen LogP) is 1.96. The number of aliphatic carboxylic acids is 1. The highest BCUT2D eigenvalue weighted by atomic mass is 16.4. The number of carboxylic acids is 1. The lowest BCUT2D eigenvalue weighted by molar-refractivity contribution is -0.137. The van der Waals surface area contributed by atoms with E-state index in [4.69, 9.17) is 5.11 Å². The zero-order chi connectivity index (χ0) is 12.1. The molecule has 16 heavy (non-hydrogen) atoms. The van der Waals surface area contributed by atoms with E-state index in [2.05, 4.69) is 28.6 Å². The van der Waals surface area contributed by atoms with E-state index < -0.39 is 5.97 Å². The van der Waals surface area contributed by atoms with E-state index in [9.17, 15) is 4.79 Å². The number of hydrogen-bond acceptors (Lipinski definition) is 3. The maximum absolute atomic E-state index is 10.4. The number of aryl methyl sites for hydroxylation is 2. The molecule has 1 aromatic rings. The summed E-state index contributed by atoms with van der Waals surface area (Å²) in [7, 11) is 0. The first kappa shape index (κ1) is 12.7. The molecular formula is C11H19N3O2. The lowest BCUT2D eigenvalue weighted by Crippen LogP contribution is -2.08. The van der Waals surface area contributed by atoms with Crippen molar-refractivity contribution in [1.82, 2.24) is 14.8 Å². The number of carboxylic acid groups (broad SMARTS) is 1. The third kappa shape index (κ3) is 3.32.